The lowest BCUT2D eigenvalue weighted by atomic mass is 10.1. The molecular weight excluding hydrogens is 216 g/mol. The van der Waals surface area contributed by atoms with Crippen LogP contribution in [-0.4, -0.2) is 41.7 Å². The first-order valence-corrected chi connectivity index (χ1v) is 6.16. The SMILES string of the molecule is CCOc1ccnc(N2CC(C)NCC2C)n1. The van der Waals surface area contributed by atoms with Gasteiger partial charge in [0.2, 0.25) is 11.8 Å². The Labute approximate surface area is 102 Å². The zero-order valence-electron chi connectivity index (χ0n) is 10.7. The van der Waals surface area contributed by atoms with Gasteiger partial charge in [-0.05, 0) is 20.8 Å². The number of anilines is 1. The smallest absolute Gasteiger partial charge is 0.228 e. The Morgan fingerprint density at radius 2 is 2.35 bits per heavy atom. The first-order valence-electron chi connectivity index (χ1n) is 6.16. The number of piperazine rings is 1. The molecule has 1 aliphatic rings. The summed E-state index contributed by atoms with van der Waals surface area (Å²) in [4.78, 5) is 11.0. The van der Waals surface area contributed by atoms with E-state index in [1.807, 2.05) is 6.92 Å². The van der Waals surface area contributed by atoms with E-state index in [0.29, 0.717) is 24.6 Å². The monoisotopic (exact) mass is 236 g/mol. The van der Waals surface area contributed by atoms with Crippen LogP contribution in [0.2, 0.25) is 0 Å². The van der Waals surface area contributed by atoms with Crippen molar-refractivity contribution in [3.05, 3.63) is 12.3 Å². The summed E-state index contributed by atoms with van der Waals surface area (Å²) in [6, 6.07) is 2.66. The molecule has 2 unspecified atom stereocenters. The van der Waals surface area contributed by atoms with Crippen molar-refractivity contribution < 1.29 is 4.74 Å². The van der Waals surface area contributed by atoms with Crippen LogP contribution in [0.25, 0.3) is 0 Å². The van der Waals surface area contributed by atoms with Gasteiger partial charge in [-0.15, -0.1) is 0 Å². The van der Waals surface area contributed by atoms with E-state index in [0.717, 1.165) is 19.0 Å². The fourth-order valence-corrected chi connectivity index (χ4v) is 2.00. The van der Waals surface area contributed by atoms with Crippen molar-refractivity contribution in [1.82, 2.24) is 15.3 Å². The maximum atomic E-state index is 5.41. The summed E-state index contributed by atoms with van der Waals surface area (Å²) >= 11 is 0. The van der Waals surface area contributed by atoms with Gasteiger partial charge in [-0.2, -0.15) is 4.98 Å². The lowest BCUT2D eigenvalue weighted by molar-refractivity contribution is 0.325. The molecule has 5 nitrogen and oxygen atoms in total. The Morgan fingerprint density at radius 3 is 3.12 bits per heavy atom. The average molecular weight is 236 g/mol. The van der Waals surface area contributed by atoms with Gasteiger partial charge >= 0.3 is 0 Å². The van der Waals surface area contributed by atoms with E-state index < -0.39 is 0 Å². The Morgan fingerprint density at radius 1 is 1.53 bits per heavy atom. The molecule has 1 aromatic heterocycles. The van der Waals surface area contributed by atoms with Gasteiger partial charge in [-0.3, -0.25) is 0 Å². The number of ether oxygens (including phenoxy) is 1. The van der Waals surface area contributed by atoms with Crippen LogP contribution >= 0.6 is 0 Å². The molecular formula is C12H20N4O. The molecule has 1 fully saturated rings. The zero-order chi connectivity index (χ0) is 12.3. The Kier molecular flexibility index (Phi) is 3.78. The molecule has 2 atom stereocenters. The molecule has 0 spiro atoms. The fraction of sp³-hybridized carbons (Fsp3) is 0.667. The highest BCUT2D eigenvalue weighted by Gasteiger charge is 2.24. The second kappa shape index (κ2) is 5.31. The fourth-order valence-electron chi connectivity index (χ4n) is 2.00. The molecule has 2 heterocycles. The summed E-state index contributed by atoms with van der Waals surface area (Å²) in [5, 5.41) is 3.44. The third-order valence-corrected chi connectivity index (χ3v) is 2.93. The molecule has 17 heavy (non-hydrogen) atoms. The summed E-state index contributed by atoms with van der Waals surface area (Å²) in [6.07, 6.45) is 1.76. The van der Waals surface area contributed by atoms with Gasteiger partial charge in [0.15, 0.2) is 0 Å². The summed E-state index contributed by atoms with van der Waals surface area (Å²) < 4.78 is 5.41. The van der Waals surface area contributed by atoms with Crippen molar-refractivity contribution in [2.75, 3.05) is 24.6 Å². The number of aromatic nitrogens is 2. The standard InChI is InChI=1S/C12H20N4O/c1-4-17-11-5-6-13-12(15-11)16-8-9(2)14-7-10(16)3/h5-6,9-10,14H,4,7-8H2,1-3H3. The lowest BCUT2D eigenvalue weighted by Gasteiger charge is -2.37. The topological polar surface area (TPSA) is 50.3 Å². The van der Waals surface area contributed by atoms with Crippen molar-refractivity contribution in [2.24, 2.45) is 0 Å². The van der Waals surface area contributed by atoms with E-state index in [1.165, 1.54) is 0 Å². The van der Waals surface area contributed by atoms with Crippen LogP contribution in [0, 0.1) is 0 Å². The van der Waals surface area contributed by atoms with E-state index in [4.69, 9.17) is 4.74 Å². The van der Waals surface area contributed by atoms with E-state index in [-0.39, 0.29) is 0 Å². The van der Waals surface area contributed by atoms with Gasteiger partial charge in [0, 0.05) is 37.4 Å². The van der Waals surface area contributed by atoms with Gasteiger partial charge in [-0.25, -0.2) is 4.98 Å². The molecule has 0 saturated carbocycles. The Hall–Kier alpha value is -1.36. The quantitative estimate of drug-likeness (QED) is 0.850. The van der Waals surface area contributed by atoms with Gasteiger partial charge < -0.3 is 15.0 Å². The number of hydrogen-bond donors (Lipinski definition) is 1. The molecule has 0 aromatic carbocycles. The molecule has 0 aliphatic carbocycles. The predicted molar refractivity (Wildman–Crippen MR) is 67.5 cm³/mol. The molecule has 1 aromatic rings. The first-order chi connectivity index (χ1) is 8.20. The van der Waals surface area contributed by atoms with Crippen LogP contribution in [0.1, 0.15) is 20.8 Å². The van der Waals surface area contributed by atoms with Gasteiger partial charge in [0.1, 0.15) is 0 Å². The maximum absolute atomic E-state index is 5.41. The largest absolute Gasteiger partial charge is 0.478 e. The van der Waals surface area contributed by atoms with Crippen molar-refractivity contribution >= 4 is 5.95 Å². The number of nitrogens with zero attached hydrogens (tertiary/aromatic N) is 3. The molecule has 94 valence electrons. The van der Waals surface area contributed by atoms with Gasteiger partial charge in [-0.1, -0.05) is 0 Å². The molecule has 1 N–H and O–H groups in total. The van der Waals surface area contributed by atoms with Gasteiger partial charge in [0.05, 0.1) is 6.61 Å². The Balaban J connectivity index is 2.16. The van der Waals surface area contributed by atoms with E-state index >= 15 is 0 Å². The molecule has 0 amide bonds. The van der Waals surface area contributed by atoms with Crippen molar-refractivity contribution in [3.63, 3.8) is 0 Å². The second-order valence-electron chi connectivity index (χ2n) is 4.44. The normalized spacial score (nSPS) is 24.8. The molecule has 2 rings (SSSR count). The van der Waals surface area contributed by atoms with Gasteiger partial charge in [0.25, 0.3) is 0 Å². The van der Waals surface area contributed by atoms with Crippen molar-refractivity contribution in [1.29, 1.82) is 0 Å². The third-order valence-electron chi connectivity index (χ3n) is 2.93. The molecule has 5 heteroatoms. The van der Waals surface area contributed by atoms with Crippen LogP contribution in [-0.2, 0) is 0 Å². The summed E-state index contributed by atoms with van der Waals surface area (Å²) in [6.45, 7) is 8.82. The Bertz CT molecular complexity index is 371. The zero-order valence-corrected chi connectivity index (χ0v) is 10.7. The summed E-state index contributed by atoms with van der Waals surface area (Å²) in [7, 11) is 0. The van der Waals surface area contributed by atoms with Crippen LogP contribution in [0.5, 0.6) is 5.88 Å². The van der Waals surface area contributed by atoms with E-state index in [9.17, 15) is 0 Å². The van der Waals surface area contributed by atoms with Crippen LogP contribution < -0.4 is 15.0 Å². The minimum atomic E-state index is 0.406. The highest BCUT2D eigenvalue weighted by Crippen LogP contribution is 2.17. The molecule has 0 radical (unpaired) electrons. The highest BCUT2D eigenvalue weighted by molar-refractivity contribution is 5.34. The first kappa shape index (κ1) is 12.1. The number of hydrogen-bond acceptors (Lipinski definition) is 5. The highest BCUT2D eigenvalue weighted by atomic mass is 16.5. The maximum Gasteiger partial charge on any atom is 0.228 e. The van der Waals surface area contributed by atoms with Crippen LogP contribution in [0.3, 0.4) is 0 Å². The second-order valence-corrected chi connectivity index (χ2v) is 4.44. The van der Waals surface area contributed by atoms with E-state index in [1.54, 1.807) is 12.3 Å². The minimum absolute atomic E-state index is 0.406. The average Bonchev–Trinajstić information content (AvgIpc) is 2.33. The summed E-state index contributed by atoms with van der Waals surface area (Å²) in [5.41, 5.74) is 0. The van der Waals surface area contributed by atoms with Crippen molar-refractivity contribution in [3.8, 4) is 5.88 Å². The number of nitrogens with one attached hydrogen (secondary N) is 1. The molecule has 1 aliphatic heterocycles. The molecule has 0 bridgehead atoms. The number of rotatable bonds is 3. The molecule has 1 saturated heterocycles. The van der Waals surface area contributed by atoms with Crippen LogP contribution in [0.15, 0.2) is 12.3 Å². The predicted octanol–water partition coefficient (Wildman–Crippen LogP) is 1.06. The van der Waals surface area contributed by atoms with E-state index in [2.05, 4.69) is 34.0 Å². The van der Waals surface area contributed by atoms with Crippen molar-refractivity contribution in [2.45, 2.75) is 32.9 Å². The minimum Gasteiger partial charge on any atom is -0.478 e. The third kappa shape index (κ3) is 2.85. The lowest BCUT2D eigenvalue weighted by Crippen LogP contribution is -2.55. The van der Waals surface area contributed by atoms with Crippen LogP contribution in [0.4, 0.5) is 5.95 Å². The summed E-state index contributed by atoms with van der Waals surface area (Å²) in [5.74, 6) is 1.41.